The Bertz CT molecular complexity index is 1640. The zero-order valence-electron chi connectivity index (χ0n) is 28.8. The predicted molar refractivity (Wildman–Crippen MR) is 192 cm³/mol. The molecule has 4 rings (SSSR count). The van der Waals surface area contributed by atoms with Crippen molar-refractivity contribution in [1.82, 2.24) is 14.9 Å². The Morgan fingerprint density at radius 2 is 1.59 bits per heavy atom. The highest BCUT2D eigenvalue weighted by atomic mass is 16.5. The van der Waals surface area contributed by atoms with Gasteiger partial charge in [0.25, 0.3) is 5.56 Å². The first-order valence-corrected chi connectivity index (χ1v) is 16.7. The summed E-state index contributed by atoms with van der Waals surface area (Å²) < 4.78 is 6.14. The van der Waals surface area contributed by atoms with Gasteiger partial charge in [0.2, 0.25) is 0 Å². The van der Waals surface area contributed by atoms with Crippen molar-refractivity contribution < 1.29 is 9.53 Å². The fourth-order valence-electron chi connectivity index (χ4n) is 5.62. The van der Waals surface area contributed by atoms with E-state index in [9.17, 15) is 9.59 Å². The summed E-state index contributed by atoms with van der Waals surface area (Å²) in [6.45, 7) is 21.1. The highest BCUT2D eigenvalue weighted by Gasteiger charge is 2.24. The molecule has 4 aromatic rings. The number of H-pyrrole nitrogens is 1. The number of likely N-dealkylation sites (N-methyl/N-ethyl adjacent to an activating group) is 1. The van der Waals surface area contributed by atoms with E-state index in [1.54, 1.807) is 17.2 Å². The van der Waals surface area contributed by atoms with Crippen LogP contribution in [0.4, 0.5) is 16.2 Å². The molecule has 8 nitrogen and oxygen atoms in total. The second kappa shape index (κ2) is 15.9. The molecule has 246 valence electrons. The minimum Gasteiger partial charge on any atom is -0.492 e. The average Bonchev–Trinajstić information content (AvgIpc) is 3.03. The number of aromatic amines is 1. The van der Waals surface area contributed by atoms with Crippen molar-refractivity contribution in [3.63, 3.8) is 0 Å². The van der Waals surface area contributed by atoms with Gasteiger partial charge in [-0.25, -0.2) is 9.78 Å². The molecule has 0 aliphatic rings. The predicted octanol–water partition coefficient (Wildman–Crippen LogP) is 8.64. The van der Waals surface area contributed by atoms with Crippen LogP contribution in [0.5, 0.6) is 5.75 Å². The Balaban J connectivity index is 1.71. The van der Waals surface area contributed by atoms with Crippen LogP contribution in [0.25, 0.3) is 22.2 Å². The standard InChI is InChI=1S/C38H51N5O3/c1-9-42(10-2)19-20-46-31-15-11-13-28(21-31)30-22-32(26(5)6)35(33(23-30)27(7)8)40-38(45)43(18-16-25(3)4)34-24-29-14-12-17-39-36(29)41-37(34)44/h11-15,17,21-27H,9-10,16,18-20H2,1-8H3,(H,40,45)(H,39,41,44). The van der Waals surface area contributed by atoms with Gasteiger partial charge in [0.1, 0.15) is 23.7 Å². The number of amides is 2. The van der Waals surface area contributed by atoms with Gasteiger partial charge in [0.05, 0.1) is 0 Å². The number of pyridine rings is 2. The second-order valence-corrected chi connectivity index (χ2v) is 12.9. The van der Waals surface area contributed by atoms with Crippen LogP contribution in [0.1, 0.15) is 84.8 Å². The molecule has 0 aliphatic heterocycles. The number of urea groups is 1. The van der Waals surface area contributed by atoms with Gasteiger partial charge < -0.3 is 19.9 Å². The van der Waals surface area contributed by atoms with Gasteiger partial charge in [-0.15, -0.1) is 0 Å². The van der Waals surface area contributed by atoms with Crippen molar-refractivity contribution in [1.29, 1.82) is 0 Å². The van der Waals surface area contributed by atoms with Gasteiger partial charge >= 0.3 is 6.03 Å². The number of hydrogen-bond acceptors (Lipinski definition) is 5. The van der Waals surface area contributed by atoms with Gasteiger partial charge in [-0.3, -0.25) is 9.69 Å². The van der Waals surface area contributed by atoms with Crippen LogP contribution in [-0.4, -0.2) is 53.7 Å². The minimum atomic E-state index is -0.340. The smallest absolute Gasteiger partial charge is 0.326 e. The Kier molecular flexibility index (Phi) is 12.0. The molecule has 2 heterocycles. The maximum Gasteiger partial charge on any atom is 0.326 e. The monoisotopic (exact) mass is 625 g/mol. The maximum absolute atomic E-state index is 14.2. The molecule has 0 saturated heterocycles. The third kappa shape index (κ3) is 8.55. The summed E-state index contributed by atoms with van der Waals surface area (Å²) in [6.07, 6.45) is 2.39. The Morgan fingerprint density at radius 3 is 2.22 bits per heavy atom. The summed E-state index contributed by atoms with van der Waals surface area (Å²) in [5.74, 6) is 1.47. The van der Waals surface area contributed by atoms with Gasteiger partial charge in [0.15, 0.2) is 0 Å². The van der Waals surface area contributed by atoms with Gasteiger partial charge in [-0.1, -0.05) is 67.5 Å². The largest absolute Gasteiger partial charge is 0.492 e. The quantitative estimate of drug-likeness (QED) is 0.146. The first-order valence-electron chi connectivity index (χ1n) is 16.7. The summed E-state index contributed by atoms with van der Waals surface area (Å²) in [6, 6.07) is 17.7. The maximum atomic E-state index is 14.2. The van der Waals surface area contributed by atoms with E-state index in [-0.39, 0.29) is 23.4 Å². The molecule has 0 fully saturated rings. The van der Waals surface area contributed by atoms with Crippen molar-refractivity contribution in [3.8, 4) is 16.9 Å². The lowest BCUT2D eigenvalue weighted by Gasteiger charge is -2.27. The van der Waals surface area contributed by atoms with Crippen LogP contribution in [-0.2, 0) is 0 Å². The van der Waals surface area contributed by atoms with Gasteiger partial charge in [0, 0.05) is 30.4 Å². The molecule has 0 spiro atoms. The number of nitrogens with one attached hydrogen (secondary N) is 2. The minimum absolute atomic E-state index is 0.139. The van der Waals surface area contributed by atoms with Crippen molar-refractivity contribution >= 4 is 28.4 Å². The van der Waals surface area contributed by atoms with E-state index in [0.29, 0.717) is 30.4 Å². The summed E-state index contributed by atoms with van der Waals surface area (Å²) in [7, 11) is 0. The van der Waals surface area contributed by atoms with E-state index >= 15 is 0 Å². The summed E-state index contributed by atoms with van der Waals surface area (Å²) >= 11 is 0. The van der Waals surface area contributed by atoms with Gasteiger partial charge in [-0.05, 0) is 102 Å². The second-order valence-electron chi connectivity index (χ2n) is 12.9. The van der Waals surface area contributed by atoms with Crippen LogP contribution in [0.2, 0.25) is 0 Å². The summed E-state index contributed by atoms with van der Waals surface area (Å²) in [5, 5.41) is 4.04. The Labute approximate surface area is 274 Å². The normalized spacial score (nSPS) is 11.7. The van der Waals surface area contributed by atoms with Gasteiger partial charge in [-0.2, -0.15) is 0 Å². The first kappa shape index (κ1) is 34.7. The Hall–Kier alpha value is -4.17. The molecule has 46 heavy (non-hydrogen) atoms. The number of nitrogens with zero attached hydrogens (tertiary/aromatic N) is 3. The van der Waals surface area contributed by atoms with E-state index in [0.717, 1.165) is 65.1 Å². The zero-order chi connectivity index (χ0) is 33.4. The molecular formula is C38H51N5O3. The molecule has 0 aliphatic carbocycles. The van der Waals surface area contributed by atoms with E-state index in [1.807, 2.05) is 24.3 Å². The number of carbonyl (C=O) groups is 1. The molecule has 0 unspecified atom stereocenters. The van der Waals surface area contributed by atoms with Crippen LogP contribution in [0, 0.1) is 5.92 Å². The molecule has 0 bridgehead atoms. The molecular weight excluding hydrogens is 574 g/mol. The zero-order valence-corrected chi connectivity index (χ0v) is 28.8. The topological polar surface area (TPSA) is 90.6 Å². The number of aromatic nitrogens is 2. The van der Waals surface area contributed by atoms with Crippen LogP contribution in [0.15, 0.2) is 65.6 Å². The number of carbonyl (C=O) groups excluding carboxylic acids is 1. The van der Waals surface area contributed by atoms with Crippen LogP contribution < -0.4 is 20.5 Å². The third-order valence-corrected chi connectivity index (χ3v) is 8.48. The van der Waals surface area contributed by atoms with E-state index < -0.39 is 0 Å². The van der Waals surface area contributed by atoms with Crippen LogP contribution in [0.3, 0.4) is 0 Å². The SMILES string of the molecule is CCN(CC)CCOc1cccc(-c2cc(C(C)C)c(NC(=O)N(CCC(C)C)c3cc4cccnc4[nH]c3=O)c(C(C)C)c2)c1. The molecule has 2 aromatic heterocycles. The highest BCUT2D eigenvalue weighted by Crippen LogP contribution is 2.38. The number of fused-ring (bicyclic) bond motifs is 1. The van der Waals surface area contributed by atoms with Crippen molar-refractivity contribution in [3.05, 3.63) is 82.3 Å². The van der Waals surface area contributed by atoms with Crippen molar-refractivity contribution in [2.75, 3.05) is 43.0 Å². The van der Waals surface area contributed by atoms with E-state index in [2.05, 4.69) is 99.8 Å². The number of rotatable bonds is 14. The molecule has 2 amide bonds. The number of anilines is 2. The molecule has 2 N–H and O–H groups in total. The Morgan fingerprint density at radius 1 is 0.891 bits per heavy atom. The average molecular weight is 626 g/mol. The summed E-state index contributed by atoms with van der Waals surface area (Å²) in [5.41, 5.74) is 5.51. The van der Waals surface area contributed by atoms with E-state index in [1.165, 1.54) is 0 Å². The molecule has 2 aromatic carbocycles. The number of benzene rings is 2. The van der Waals surface area contributed by atoms with Crippen molar-refractivity contribution in [2.45, 2.75) is 73.6 Å². The molecule has 8 heteroatoms. The first-order chi connectivity index (χ1) is 22.0. The lowest BCUT2D eigenvalue weighted by Crippen LogP contribution is -2.40. The lowest BCUT2D eigenvalue weighted by molar-refractivity contribution is 0.223. The molecule has 0 atom stereocenters. The van der Waals surface area contributed by atoms with Crippen LogP contribution >= 0.6 is 0 Å². The van der Waals surface area contributed by atoms with E-state index in [4.69, 9.17) is 4.74 Å². The fourth-order valence-corrected chi connectivity index (χ4v) is 5.62. The lowest BCUT2D eigenvalue weighted by atomic mass is 9.88. The number of hydrogen-bond donors (Lipinski definition) is 2. The summed E-state index contributed by atoms with van der Waals surface area (Å²) in [4.78, 5) is 38.5. The third-order valence-electron chi connectivity index (χ3n) is 8.48. The highest BCUT2D eigenvalue weighted by molar-refractivity contribution is 6.03. The molecule has 0 radical (unpaired) electrons. The number of ether oxygens (including phenoxy) is 1. The fraction of sp³-hybridized carbons (Fsp3) is 0.447. The van der Waals surface area contributed by atoms with Crippen molar-refractivity contribution in [2.24, 2.45) is 5.92 Å². The molecule has 0 saturated carbocycles.